The van der Waals surface area contributed by atoms with Crippen LogP contribution in [0.5, 0.6) is 11.5 Å². The molecular formula is C21H30N2O4. The first-order valence-corrected chi connectivity index (χ1v) is 9.38. The summed E-state index contributed by atoms with van der Waals surface area (Å²) in [5.41, 5.74) is 0.758. The Morgan fingerprint density at radius 3 is 2.44 bits per heavy atom. The first-order valence-electron chi connectivity index (χ1n) is 9.38. The van der Waals surface area contributed by atoms with Crippen LogP contribution in [0.15, 0.2) is 29.8 Å². The number of anilines is 1. The lowest BCUT2D eigenvalue weighted by Crippen LogP contribution is -2.45. The maximum Gasteiger partial charge on any atom is 0.239 e. The number of allylic oxidation sites excluding steroid dienone is 1. The number of carbonyl (C=O) groups excluding carboxylic acids is 2. The topological polar surface area (TPSA) is 76.7 Å². The van der Waals surface area contributed by atoms with Gasteiger partial charge in [-0.25, -0.2) is 0 Å². The number of carbonyl (C=O) groups is 2. The van der Waals surface area contributed by atoms with Crippen LogP contribution in [-0.2, 0) is 9.59 Å². The molecule has 1 aromatic carbocycles. The molecule has 0 radical (unpaired) electrons. The van der Waals surface area contributed by atoms with Crippen LogP contribution in [0.1, 0.15) is 46.0 Å². The van der Waals surface area contributed by atoms with Crippen molar-refractivity contribution >= 4 is 17.5 Å². The Morgan fingerprint density at radius 1 is 1.07 bits per heavy atom. The Kier molecular flexibility index (Phi) is 7.28. The van der Waals surface area contributed by atoms with Crippen LogP contribution in [0.3, 0.4) is 0 Å². The number of ether oxygens (including phenoxy) is 2. The fourth-order valence-electron chi connectivity index (χ4n) is 2.99. The molecule has 2 N–H and O–H groups in total. The van der Waals surface area contributed by atoms with E-state index >= 15 is 0 Å². The van der Waals surface area contributed by atoms with Gasteiger partial charge in [0.15, 0.2) is 11.5 Å². The Labute approximate surface area is 161 Å². The van der Waals surface area contributed by atoms with Gasteiger partial charge < -0.3 is 20.1 Å². The Morgan fingerprint density at radius 2 is 1.81 bits per heavy atom. The molecule has 148 valence electrons. The van der Waals surface area contributed by atoms with Gasteiger partial charge in [0.2, 0.25) is 11.8 Å². The van der Waals surface area contributed by atoms with Gasteiger partial charge in [-0.05, 0) is 58.1 Å². The second-order valence-electron chi connectivity index (χ2n) is 7.26. The summed E-state index contributed by atoms with van der Waals surface area (Å²) in [5, 5.41) is 5.67. The van der Waals surface area contributed by atoms with Gasteiger partial charge in [0.25, 0.3) is 0 Å². The molecule has 2 amide bonds. The molecule has 27 heavy (non-hydrogen) atoms. The third-order valence-electron chi connectivity index (χ3n) is 4.89. The highest BCUT2D eigenvalue weighted by Crippen LogP contribution is 2.30. The van der Waals surface area contributed by atoms with E-state index in [0.717, 1.165) is 19.3 Å². The van der Waals surface area contributed by atoms with Crippen molar-refractivity contribution in [1.82, 2.24) is 5.32 Å². The number of benzene rings is 1. The quantitative estimate of drug-likeness (QED) is 0.538. The van der Waals surface area contributed by atoms with Crippen LogP contribution in [0, 0.1) is 5.41 Å². The maximum absolute atomic E-state index is 12.6. The van der Waals surface area contributed by atoms with E-state index in [1.807, 2.05) is 0 Å². The zero-order valence-corrected chi connectivity index (χ0v) is 16.7. The van der Waals surface area contributed by atoms with Crippen LogP contribution >= 0.6 is 0 Å². The molecule has 2 rings (SSSR count). The van der Waals surface area contributed by atoms with E-state index in [0.29, 0.717) is 23.7 Å². The Balaban J connectivity index is 1.93. The minimum Gasteiger partial charge on any atom is -0.493 e. The molecule has 0 unspecified atom stereocenters. The summed E-state index contributed by atoms with van der Waals surface area (Å²) >= 11 is 0. The molecule has 1 aliphatic rings. The van der Waals surface area contributed by atoms with Crippen LogP contribution < -0.4 is 20.1 Å². The molecule has 0 aromatic heterocycles. The van der Waals surface area contributed by atoms with Gasteiger partial charge in [-0.1, -0.05) is 11.6 Å². The number of nitrogens with one attached hydrogen (secondary N) is 2. The van der Waals surface area contributed by atoms with Crippen molar-refractivity contribution in [3.8, 4) is 11.5 Å². The fourth-order valence-corrected chi connectivity index (χ4v) is 2.99. The Hall–Kier alpha value is -2.50. The molecule has 0 bridgehead atoms. The second-order valence-corrected chi connectivity index (χ2v) is 7.26. The van der Waals surface area contributed by atoms with Crippen molar-refractivity contribution in [2.75, 3.05) is 26.1 Å². The molecule has 6 nitrogen and oxygen atoms in total. The van der Waals surface area contributed by atoms with Crippen LogP contribution in [0.2, 0.25) is 0 Å². The van der Waals surface area contributed by atoms with Gasteiger partial charge in [-0.3, -0.25) is 9.59 Å². The van der Waals surface area contributed by atoms with Crippen LogP contribution in [-0.4, -0.2) is 32.6 Å². The highest BCUT2D eigenvalue weighted by atomic mass is 16.5. The summed E-state index contributed by atoms with van der Waals surface area (Å²) in [4.78, 5) is 25.2. The van der Waals surface area contributed by atoms with Gasteiger partial charge in [0.05, 0.1) is 14.2 Å². The minimum atomic E-state index is -1.19. The van der Waals surface area contributed by atoms with E-state index in [1.54, 1.807) is 39.2 Å². The average Bonchev–Trinajstić information content (AvgIpc) is 2.68. The molecule has 6 heteroatoms. The molecular weight excluding hydrogens is 344 g/mol. The predicted molar refractivity (Wildman–Crippen MR) is 106 cm³/mol. The lowest BCUT2D eigenvalue weighted by atomic mass is 9.90. The summed E-state index contributed by atoms with van der Waals surface area (Å²) in [6.45, 7) is 3.80. The van der Waals surface area contributed by atoms with Gasteiger partial charge in [0, 0.05) is 18.3 Å². The third kappa shape index (κ3) is 5.49. The first-order chi connectivity index (χ1) is 12.9. The largest absolute Gasteiger partial charge is 0.493 e. The van der Waals surface area contributed by atoms with E-state index in [9.17, 15) is 9.59 Å². The SMILES string of the molecule is COc1ccc(NC(=O)C(C)(C)C(=O)NCCC2=CCCCC2)cc1OC. The predicted octanol–water partition coefficient (Wildman–Crippen LogP) is 3.68. The highest BCUT2D eigenvalue weighted by molar-refractivity contribution is 6.09. The van der Waals surface area contributed by atoms with Gasteiger partial charge in [-0.15, -0.1) is 0 Å². The molecule has 1 aliphatic carbocycles. The average molecular weight is 374 g/mol. The molecule has 0 aliphatic heterocycles. The van der Waals surface area contributed by atoms with Crippen molar-refractivity contribution in [3.05, 3.63) is 29.8 Å². The summed E-state index contributed by atoms with van der Waals surface area (Å²) in [5.74, 6) is 0.434. The molecule has 0 saturated heterocycles. The second kappa shape index (κ2) is 9.44. The van der Waals surface area contributed by atoms with E-state index in [2.05, 4.69) is 16.7 Å². The molecule has 0 spiro atoms. The molecule has 0 atom stereocenters. The molecule has 0 saturated carbocycles. The van der Waals surface area contributed by atoms with E-state index in [-0.39, 0.29) is 11.8 Å². The van der Waals surface area contributed by atoms with Crippen molar-refractivity contribution in [2.45, 2.75) is 46.0 Å². The minimum absolute atomic E-state index is 0.281. The number of hydrogen-bond donors (Lipinski definition) is 2. The maximum atomic E-state index is 12.6. The summed E-state index contributed by atoms with van der Waals surface area (Å²) in [6, 6.07) is 5.09. The number of amides is 2. The molecule has 0 heterocycles. The van der Waals surface area contributed by atoms with E-state index < -0.39 is 5.41 Å². The van der Waals surface area contributed by atoms with Gasteiger partial charge in [0.1, 0.15) is 5.41 Å². The fraction of sp³-hybridized carbons (Fsp3) is 0.524. The zero-order valence-electron chi connectivity index (χ0n) is 16.7. The summed E-state index contributed by atoms with van der Waals surface area (Å²) in [7, 11) is 3.08. The number of rotatable bonds is 8. The normalized spacial score (nSPS) is 14.1. The Bertz CT molecular complexity index is 710. The van der Waals surface area contributed by atoms with Crippen molar-refractivity contribution in [2.24, 2.45) is 5.41 Å². The first kappa shape index (κ1) is 20.8. The number of methoxy groups -OCH3 is 2. The number of hydrogen-bond acceptors (Lipinski definition) is 4. The van der Waals surface area contributed by atoms with Gasteiger partial charge >= 0.3 is 0 Å². The summed E-state index contributed by atoms with van der Waals surface area (Å²) < 4.78 is 10.4. The molecule has 1 aromatic rings. The van der Waals surface area contributed by atoms with E-state index in [4.69, 9.17) is 9.47 Å². The summed E-state index contributed by atoms with van der Waals surface area (Å²) in [6.07, 6.45) is 7.82. The van der Waals surface area contributed by atoms with Crippen molar-refractivity contribution in [3.63, 3.8) is 0 Å². The van der Waals surface area contributed by atoms with Crippen LogP contribution in [0.4, 0.5) is 5.69 Å². The third-order valence-corrected chi connectivity index (χ3v) is 4.89. The van der Waals surface area contributed by atoms with Crippen molar-refractivity contribution in [1.29, 1.82) is 0 Å². The lowest BCUT2D eigenvalue weighted by Gasteiger charge is -2.23. The highest BCUT2D eigenvalue weighted by Gasteiger charge is 2.36. The van der Waals surface area contributed by atoms with Crippen LogP contribution in [0.25, 0.3) is 0 Å². The van der Waals surface area contributed by atoms with E-state index in [1.165, 1.54) is 25.5 Å². The molecule has 0 fully saturated rings. The lowest BCUT2D eigenvalue weighted by molar-refractivity contribution is -0.138. The van der Waals surface area contributed by atoms with Crippen molar-refractivity contribution < 1.29 is 19.1 Å². The zero-order chi connectivity index (χ0) is 19.9. The monoisotopic (exact) mass is 374 g/mol. The smallest absolute Gasteiger partial charge is 0.239 e. The van der Waals surface area contributed by atoms with Gasteiger partial charge in [-0.2, -0.15) is 0 Å². The standard InChI is InChI=1S/C21H30N2O4/c1-21(2,19(24)22-13-12-15-8-6-5-7-9-15)20(25)23-16-10-11-17(26-3)18(14-16)27-4/h8,10-11,14H,5-7,9,12-13H2,1-4H3,(H,22,24)(H,23,25).